The third-order valence-corrected chi connectivity index (χ3v) is 5.12. The normalized spacial score (nSPS) is 12.9. The van der Waals surface area contributed by atoms with E-state index < -0.39 is 14.6 Å². The van der Waals surface area contributed by atoms with Crippen LogP contribution < -0.4 is 5.32 Å². The van der Waals surface area contributed by atoms with Gasteiger partial charge in [0.1, 0.15) is 10.5 Å². The van der Waals surface area contributed by atoms with Gasteiger partial charge < -0.3 is 9.73 Å². The Hall–Kier alpha value is -0.880. The molecule has 0 atom stereocenters. The molecule has 0 amide bonds. The molecule has 6 heteroatoms. The summed E-state index contributed by atoms with van der Waals surface area (Å²) in [5, 5.41) is 3.21. The van der Waals surface area contributed by atoms with Crippen molar-refractivity contribution in [2.75, 3.05) is 19.3 Å². The summed E-state index contributed by atoms with van der Waals surface area (Å²) in [6, 6.07) is 0. The minimum absolute atomic E-state index is 0.406. The van der Waals surface area contributed by atoms with E-state index in [0.717, 1.165) is 19.5 Å². The summed E-state index contributed by atoms with van der Waals surface area (Å²) in [5.74, 6) is 1.00. The number of rotatable bonds is 7. The average molecular weight is 274 g/mol. The summed E-state index contributed by atoms with van der Waals surface area (Å²) >= 11 is 0. The number of hydrogen-bond donors (Lipinski definition) is 1. The smallest absolute Gasteiger partial charge is 0.194 e. The third-order valence-electron chi connectivity index (χ3n) is 3.07. The number of aromatic nitrogens is 1. The topological polar surface area (TPSA) is 72.2 Å². The minimum atomic E-state index is -3.22. The van der Waals surface area contributed by atoms with Crippen LogP contribution in [0.25, 0.3) is 0 Å². The molecule has 0 saturated carbocycles. The molecule has 1 heterocycles. The second kappa shape index (κ2) is 5.84. The first-order valence-electron chi connectivity index (χ1n) is 6.14. The Morgan fingerprint density at radius 3 is 2.67 bits per heavy atom. The zero-order valence-electron chi connectivity index (χ0n) is 11.5. The van der Waals surface area contributed by atoms with Crippen LogP contribution in [0.5, 0.6) is 0 Å². The Kier molecular flexibility index (Phi) is 4.92. The monoisotopic (exact) mass is 274 g/mol. The van der Waals surface area contributed by atoms with Crippen molar-refractivity contribution in [1.82, 2.24) is 10.3 Å². The van der Waals surface area contributed by atoms with Crippen molar-refractivity contribution < 1.29 is 12.8 Å². The highest BCUT2D eigenvalue weighted by atomic mass is 32.2. The van der Waals surface area contributed by atoms with Gasteiger partial charge in [-0.1, -0.05) is 6.92 Å². The summed E-state index contributed by atoms with van der Waals surface area (Å²) in [5.41, 5.74) is 0. The summed E-state index contributed by atoms with van der Waals surface area (Å²) in [4.78, 5) is 4.13. The van der Waals surface area contributed by atoms with Crippen LogP contribution in [0.15, 0.2) is 10.6 Å². The molecule has 0 aromatic carbocycles. The zero-order chi connectivity index (χ0) is 13.8. The van der Waals surface area contributed by atoms with E-state index in [1.165, 1.54) is 12.5 Å². The quantitative estimate of drug-likeness (QED) is 0.763. The fraction of sp³-hybridized carbons (Fsp3) is 0.750. The van der Waals surface area contributed by atoms with Crippen LogP contribution in [-0.2, 0) is 21.0 Å². The average Bonchev–Trinajstić information content (AvgIpc) is 2.72. The fourth-order valence-corrected chi connectivity index (χ4v) is 1.89. The van der Waals surface area contributed by atoms with Crippen molar-refractivity contribution in [2.24, 2.45) is 0 Å². The number of nitrogens with one attached hydrogen (secondary N) is 1. The molecular weight excluding hydrogens is 252 g/mol. The van der Waals surface area contributed by atoms with E-state index in [2.05, 4.69) is 17.2 Å². The predicted octanol–water partition coefficient (Wildman–Crippen LogP) is 1.50. The molecule has 0 unspecified atom stereocenters. The van der Waals surface area contributed by atoms with E-state index >= 15 is 0 Å². The summed E-state index contributed by atoms with van der Waals surface area (Å²) in [6.07, 6.45) is 4.37. The van der Waals surface area contributed by atoms with Gasteiger partial charge in [-0.3, -0.25) is 0 Å². The van der Waals surface area contributed by atoms with E-state index in [1.807, 2.05) is 0 Å². The van der Waals surface area contributed by atoms with Gasteiger partial charge in [0.15, 0.2) is 15.7 Å². The van der Waals surface area contributed by atoms with Crippen molar-refractivity contribution in [3.05, 3.63) is 17.8 Å². The van der Waals surface area contributed by atoms with Crippen LogP contribution >= 0.6 is 0 Å². The molecule has 1 aromatic rings. The van der Waals surface area contributed by atoms with Gasteiger partial charge in [-0.15, -0.1) is 0 Å². The van der Waals surface area contributed by atoms with Crippen molar-refractivity contribution in [3.63, 3.8) is 0 Å². The summed E-state index contributed by atoms with van der Waals surface area (Å²) in [7, 11) is -3.22. The lowest BCUT2D eigenvalue weighted by atomic mass is 10.2. The van der Waals surface area contributed by atoms with E-state index in [4.69, 9.17) is 4.42 Å². The molecule has 0 saturated heterocycles. The highest BCUT2D eigenvalue weighted by Gasteiger charge is 2.36. The SMILES string of the molecule is CCNCCCc1ncc(C(C)(C)S(C)(=O)=O)o1. The lowest BCUT2D eigenvalue weighted by Gasteiger charge is -2.18. The van der Waals surface area contributed by atoms with Gasteiger partial charge in [-0.25, -0.2) is 13.4 Å². The minimum Gasteiger partial charge on any atom is -0.444 e. The molecule has 1 rings (SSSR count). The number of sulfone groups is 1. The molecule has 0 bridgehead atoms. The molecule has 0 fully saturated rings. The number of hydrogen-bond acceptors (Lipinski definition) is 5. The summed E-state index contributed by atoms with van der Waals surface area (Å²) < 4.78 is 27.8. The first-order chi connectivity index (χ1) is 8.29. The maximum atomic E-state index is 11.7. The van der Waals surface area contributed by atoms with Crippen LogP contribution in [0, 0.1) is 0 Å². The molecule has 5 nitrogen and oxygen atoms in total. The Balaban J connectivity index is 2.69. The highest BCUT2D eigenvalue weighted by molar-refractivity contribution is 7.91. The van der Waals surface area contributed by atoms with Gasteiger partial charge in [0.25, 0.3) is 0 Å². The Bertz CT molecular complexity index is 477. The first kappa shape index (κ1) is 15.2. The third kappa shape index (κ3) is 3.55. The van der Waals surface area contributed by atoms with Crippen LogP contribution in [0.4, 0.5) is 0 Å². The van der Waals surface area contributed by atoms with Crippen molar-refractivity contribution in [3.8, 4) is 0 Å². The lowest BCUT2D eigenvalue weighted by molar-refractivity contribution is 0.410. The Morgan fingerprint density at radius 2 is 2.11 bits per heavy atom. The maximum Gasteiger partial charge on any atom is 0.194 e. The van der Waals surface area contributed by atoms with E-state index in [0.29, 0.717) is 18.1 Å². The standard InChI is InChI=1S/C12H22N2O3S/c1-5-13-8-6-7-11-14-9-10(17-11)12(2,3)18(4,15)16/h9,13H,5-8H2,1-4H3. The molecule has 18 heavy (non-hydrogen) atoms. The number of nitrogens with zero attached hydrogens (tertiary/aromatic N) is 1. The van der Waals surface area contributed by atoms with Crippen molar-refractivity contribution in [1.29, 1.82) is 0 Å². The van der Waals surface area contributed by atoms with Gasteiger partial charge >= 0.3 is 0 Å². The predicted molar refractivity (Wildman–Crippen MR) is 71.2 cm³/mol. The number of oxazole rings is 1. The molecule has 1 N–H and O–H groups in total. The van der Waals surface area contributed by atoms with Gasteiger partial charge in [0.2, 0.25) is 0 Å². The van der Waals surface area contributed by atoms with E-state index in [-0.39, 0.29) is 0 Å². The summed E-state index contributed by atoms with van der Waals surface area (Å²) in [6.45, 7) is 7.16. The van der Waals surface area contributed by atoms with Gasteiger partial charge in [0, 0.05) is 12.7 Å². The molecular formula is C12H22N2O3S. The van der Waals surface area contributed by atoms with Crippen LogP contribution in [-0.4, -0.2) is 32.7 Å². The van der Waals surface area contributed by atoms with Crippen molar-refractivity contribution >= 4 is 9.84 Å². The number of aryl methyl sites for hydroxylation is 1. The van der Waals surface area contributed by atoms with Crippen LogP contribution in [0.3, 0.4) is 0 Å². The van der Waals surface area contributed by atoms with E-state index in [9.17, 15) is 8.42 Å². The van der Waals surface area contributed by atoms with E-state index in [1.54, 1.807) is 13.8 Å². The maximum absolute atomic E-state index is 11.7. The first-order valence-corrected chi connectivity index (χ1v) is 8.03. The molecule has 0 aliphatic heterocycles. The molecule has 104 valence electrons. The van der Waals surface area contributed by atoms with Crippen molar-refractivity contribution in [2.45, 2.75) is 38.4 Å². The largest absolute Gasteiger partial charge is 0.444 e. The fourth-order valence-electron chi connectivity index (χ4n) is 1.43. The lowest BCUT2D eigenvalue weighted by Crippen LogP contribution is -2.27. The second-order valence-corrected chi connectivity index (χ2v) is 7.42. The van der Waals surface area contributed by atoms with Crippen LogP contribution in [0.2, 0.25) is 0 Å². The molecule has 0 aliphatic carbocycles. The molecule has 1 aromatic heterocycles. The van der Waals surface area contributed by atoms with Gasteiger partial charge in [-0.2, -0.15) is 0 Å². The Morgan fingerprint density at radius 1 is 1.44 bits per heavy atom. The molecule has 0 radical (unpaired) electrons. The molecule has 0 spiro atoms. The van der Waals surface area contributed by atoms with Crippen LogP contribution in [0.1, 0.15) is 38.8 Å². The van der Waals surface area contributed by atoms with Gasteiger partial charge in [-0.05, 0) is 33.4 Å². The molecule has 0 aliphatic rings. The second-order valence-electron chi connectivity index (χ2n) is 4.86. The Labute approximate surface area is 109 Å². The van der Waals surface area contributed by atoms with Gasteiger partial charge in [0.05, 0.1) is 6.20 Å². The zero-order valence-corrected chi connectivity index (χ0v) is 12.3. The highest BCUT2D eigenvalue weighted by Crippen LogP contribution is 2.29.